The summed E-state index contributed by atoms with van der Waals surface area (Å²) < 4.78 is 27.3. The quantitative estimate of drug-likeness (QED) is 0.751. The predicted molar refractivity (Wildman–Crippen MR) is 82.8 cm³/mol. The Morgan fingerprint density at radius 1 is 1.05 bits per heavy atom. The van der Waals surface area contributed by atoms with Gasteiger partial charge in [-0.25, -0.2) is 13.8 Å². The molecule has 0 unspecified atom stereocenters. The predicted octanol–water partition coefficient (Wildman–Crippen LogP) is 4.84. The maximum Gasteiger partial charge on any atom is 0.130 e. The number of halogens is 2. The zero-order valence-electron chi connectivity index (χ0n) is 12.1. The molecule has 22 heavy (non-hydrogen) atoms. The molecule has 0 saturated carbocycles. The number of benzene rings is 2. The summed E-state index contributed by atoms with van der Waals surface area (Å²) in [5.41, 5.74) is 1.99. The van der Waals surface area contributed by atoms with E-state index in [4.69, 9.17) is 0 Å². The first-order valence-electron chi connectivity index (χ1n) is 7.16. The van der Waals surface area contributed by atoms with Crippen molar-refractivity contribution in [2.45, 2.75) is 19.8 Å². The van der Waals surface area contributed by atoms with Crippen molar-refractivity contribution in [3.63, 3.8) is 0 Å². The van der Waals surface area contributed by atoms with Crippen molar-refractivity contribution < 1.29 is 13.9 Å². The van der Waals surface area contributed by atoms with Crippen molar-refractivity contribution in [2.24, 2.45) is 0 Å². The minimum Gasteiger partial charge on any atom is -0.508 e. The lowest BCUT2D eigenvalue weighted by Gasteiger charge is -2.09. The zero-order valence-corrected chi connectivity index (χ0v) is 12.1. The van der Waals surface area contributed by atoms with Gasteiger partial charge < -0.3 is 5.11 Å². The van der Waals surface area contributed by atoms with E-state index in [9.17, 15) is 13.9 Å². The summed E-state index contributed by atoms with van der Waals surface area (Å²) in [6.45, 7) is 1.93. The van der Waals surface area contributed by atoms with Gasteiger partial charge in [-0.15, -0.1) is 0 Å². The smallest absolute Gasteiger partial charge is 0.130 e. The van der Waals surface area contributed by atoms with Crippen molar-refractivity contribution >= 4 is 10.9 Å². The van der Waals surface area contributed by atoms with Crippen molar-refractivity contribution in [3.8, 4) is 17.0 Å². The van der Waals surface area contributed by atoms with Crippen LogP contribution in [0.25, 0.3) is 22.2 Å². The van der Waals surface area contributed by atoms with E-state index in [1.54, 1.807) is 18.2 Å². The van der Waals surface area contributed by atoms with Crippen molar-refractivity contribution in [1.29, 1.82) is 0 Å². The van der Waals surface area contributed by atoms with Gasteiger partial charge in [-0.1, -0.05) is 19.4 Å². The van der Waals surface area contributed by atoms with Crippen LogP contribution < -0.4 is 0 Å². The number of nitrogens with zero attached hydrogens (tertiary/aromatic N) is 1. The van der Waals surface area contributed by atoms with Crippen LogP contribution in [0.4, 0.5) is 8.78 Å². The fourth-order valence-corrected chi connectivity index (χ4v) is 2.52. The normalized spacial score (nSPS) is 11.0. The molecule has 0 aliphatic heterocycles. The Bertz CT molecular complexity index is 823. The Kier molecular flexibility index (Phi) is 3.75. The van der Waals surface area contributed by atoms with Gasteiger partial charge in [0.25, 0.3) is 0 Å². The van der Waals surface area contributed by atoms with E-state index < -0.39 is 5.82 Å². The first-order valence-corrected chi connectivity index (χ1v) is 7.16. The van der Waals surface area contributed by atoms with Crippen LogP contribution >= 0.6 is 0 Å². The van der Waals surface area contributed by atoms with Crippen LogP contribution in [0.2, 0.25) is 0 Å². The summed E-state index contributed by atoms with van der Waals surface area (Å²) in [7, 11) is 0. The third kappa shape index (κ3) is 2.64. The molecule has 0 radical (unpaired) electrons. The molecule has 1 aromatic heterocycles. The van der Waals surface area contributed by atoms with Gasteiger partial charge in [0.05, 0.1) is 11.2 Å². The maximum atomic E-state index is 14.1. The molecule has 112 valence electrons. The van der Waals surface area contributed by atoms with Crippen LogP contribution in [0.1, 0.15) is 18.9 Å². The number of fused-ring (bicyclic) bond motifs is 1. The largest absolute Gasteiger partial charge is 0.508 e. The van der Waals surface area contributed by atoms with Gasteiger partial charge in [0.1, 0.15) is 17.4 Å². The van der Waals surface area contributed by atoms with Crippen LogP contribution in [0.3, 0.4) is 0 Å². The summed E-state index contributed by atoms with van der Waals surface area (Å²) in [4.78, 5) is 4.40. The lowest BCUT2D eigenvalue weighted by atomic mass is 10.0. The highest BCUT2D eigenvalue weighted by molar-refractivity contribution is 5.81. The third-order valence-electron chi connectivity index (χ3n) is 3.62. The second kappa shape index (κ2) is 5.72. The van der Waals surface area contributed by atoms with Crippen LogP contribution in [0.5, 0.6) is 5.75 Å². The molecule has 0 spiro atoms. The van der Waals surface area contributed by atoms with Gasteiger partial charge in [0, 0.05) is 16.5 Å². The molecule has 0 bridgehead atoms. The highest BCUT2D eigenvalue weighted by Crippen LogP contribution is 2.30. The molecular weight excluding hydrogens is 284 g/mol. The number of aromatic nitrogens is 1. The lowest BCUT2D eigenvalue weighted by molar-refractivity contribution is 0.458. The van der Waals surface area contributed by atoms with E-state index in [1.165, 1.54) is 24.3 Å². The highest BCUT2D eigenvalue weighted by atomic mass is 19.1. The number of rotatable bonds is 3. The minimum atomic E-state index is -0.433. The number of hydrogen-bond acceptors (Lipinski definition) is 2. The van der Waals surface area contributed by atoms with E-state index >= 15 is 0 Å². The molecule has 1 N–H and O–H groups in total. The van der Waals surface area contributed by atoms with Gasteiger partial charge in [-0.05, 0) is 42.8 Å². The number of phenols is 1. The maximum absolute atomic E-state index is 14.1. The van der Waals surface area contributed by atoms with Crippen molar-refractivity contribution in [3.05, 3.63) is 59.7 Å². The van der Waals surface area contributed by atoms with Crippen molar-refractivity contribution in [1.82, 2.24) is 4.98 Å². The molecule has 0 atom stereocenters. The average molecular weight is 299 g/mol. The second-order valence-corrected chi connectivity index (χ2v) is 5.24. The molecule has 4 heteroatoms. The van der Waals surface area contributed by atoms with Gasteiger partial charge in [-0.3, -0.25) is 0 Å². The van der Waals surface area contributed by atoms with Gasteiger partial charge in [0.2, 0.25) is 0 Å². The molecule has 2 nitrogen and oxygen atoms in total. The summed E-state index contributed by atoms with van der Waals surface area (Å²) in [6.07, 6.45) is 1.24. The number of aromatic hydroxyl groups is 1. The molecule has 3 aromatic rings. The van der Waals surface area contributed by atoms with Crippen LogP contribution in [-0.2, 0) is 6.42 Å². The monoisotopic (exact) mass is 299 g/mol. The van der Waals surface area contributed by atoms with E-state index in [0.29, 0.717) is 34.1 Å². The average Bonchev–Trinajstić information content (AvgIpc) is 2.50. The minimum absolute atomic E-state index is 0.0575. The summed E-state index contributed by atoms with van der Waals surface area (Å²) in [6, 6.07) is 10.6. The Morgan fingerprint density at radius 2 is 1.86 bits per heavy atom. The second-order valence-electron chi connectivity index (χ2n) is 5.24. The molecule has 2 aromatic carbocycles. The molecule has 3 rings (SSSR count). The highest BCUT2D eigenvalue weighted by Gasteiger charge is 2.12. The van der Waals surface area contributed by atoms with Crippen LogP contribution in [-0.4, -0.2) is 10.1 Å². The van der Waals surface area contributed by atoms with E-state index in [0.717, 1.165) is 6.42 Å². The molecule has 0 amide bonds. The SMILES string of the molecule is CCCc1c(O)cc(-c2ccc3cc(F)ccc3n2)cc1F. The molecule has 0 aliphatic carbocycles. The van der Waals surface area contributed by atoms with Crippen LogP contribution in [0, 0.1) is 11.6 Å². The molecule has 1 heterocycles. The molecule has 0 aliphatic rings. The van der Waals surface area contributed by atoms with Crippen LogP contribution in [0.15, 0.2) is 42.5 Å². The standard InChI is InChI=1S/C18H15F2NO/c1-2-3-14-15(20)9-12(10-18(14)22)17-6-4-11-8-13(19)5-7-16(11)21-17/h4-10,22H,2-3H2,1H3. The Labute approximate surface area is 127 Å². The Balaban J connectivity index is 2.09. The van der Waals surface area contributed by atoms with Gasteiger partial charge in [0.15, 0.2) is 0 Å². The fraction of sp³-hybridized carbons (Fsp3) is 0.167. The number of phenolic OH excluding ortho intramolecular Hbond substituents is 1. The Morgan fingerprint density at radius 3 is 2.59 bits per heavy atom. The first-order chi connectivity index (χ1) is 10.6. The van der Waals surface area contributed by atoms with Crippen molar-refractivity contribution in [2.75, 3.05) is 0 Å². The fourth-order valence-electron chi connectivity index (χ4n) is 2.52. The number of pyridine rings is 1. The van der Waals surface area contributed by atoms with E-state index in [-0.39, 0.29) is 11.6 Å². The summed E-state index contributed by atoms with van der Waals surface area (Å²) >= 11 is 0. The van der Waals surface area contributed by atoms with Gasteiger partial charge >= 0.3 is 0 Å². The molecular formula is C18H15F2NO. The molecule has 0 fully saturated rings. The van der Waals surface area contributed by atoms with E-state index in [2.05, 4.69) is 4.98 Å². The topological polar surface area (TPSA) is 33.1 Å². The summed E-state index contributed by atoms with van der Waals surface area (Å²) in [5.74, 6) is -0.814. The zero-order chi connectivity index (χ0) is 15.7. The Hall–Kier alpha value is -2.49. The lowest BCUT2D eigenvalue weighted by Crippen LogP contribution is -1.93. The third-order valence-corrected chi connectivity index (χ3v) is 3.62. The first kappa shape index (κ1) is 14.4. The molecule has 0 saturated heterocycles. The number of hydrogen-bond donors (Lipinski definition) is 1. The summed E-state index contributed by atoms with van der Waals surface area (Å²) in [5, 5.41) is 10.7. The van der Waals surface area contributed by atoms with E-state index in [1.807, 2.05) is 6.92 Å². The van der Waals surface area contributed by atoms with Gasteiger partial charge in [-0.2, -0.15) is 0 Å².